The first-order valence-electron chi connectivity index (χ1n) is 10.5. The Kier molecular flexibility index (Phi) is 9.98. The molecule has 1 saturated heterocycles. The van der Waals surface area contributed by atoms with Crippen molar-refractivity contribution in [3.8, 4) is 0 Å². The van der Waals surface area contributed by atoms with Gasteiger partial charge in [-0.25, -0.2) is 4.79 Å². The number of carbonyl (C=O) groups excluding carboxylic acids is 2. The standard InChI is InChI=1S/C21H33N3O9/c1-21(2,3)33-20(30)23-9-8-22-18(29)13-6-4-12(5-7-13)11-31-24-19-17(28)16(27)15(26)14(10-25)32-19/h4-7,14-17,19,24-28H,8-11H2,1-3H3,(H,22,29)(H,23,30)/t14-,15-,16+,17-,19-/m1/s1. The van der Waals surface area contributed by atoms with Crippen molar-refractivity contribution in [1.29, 1.82) is 0 Å². The lowest BCUT2D eigenvalue weighted by molar-refractivity contribution is -0.262. The van der Waals surface area contributed by atoms with E-state index in [4.69, 9.17) is 14.3 Å². The number of amides is 2. The summed E-state index contributed by atoms with van der Waals surface area (Å²) in [5.41, 5.74) is 2.98. The van der Waals surface area contributed by atoms with Crippen LogP contribution >= 0.6 is 0 Å². The van der Waals surface area contributed by atoms with Crippen LogP contribution in [0.1, 0.15) is 36.7 Å². The smallest absolute Gasteiger partial charge is 0.407 e. The zero-order chi connectivity index (χ0) is 24.6. The minimum Gasteiger partial charge on any atom is -0.444 e. The highest BCUT2D eigenvalue weighted by atomic mass is 16.7. The molecule has 12 heteroatoms. The number of hydrogen-bond donors (Lipinski definition) is 7. The molecular weight excluding hydrogens is 438 g/mol. The molecule has 0 unspecified atom stereocenters. The normalized spacial score (nSPS) is 25.4. The molecule has 0 radical (unpaired) electrons. The van der Waals surface area contributed by atoms with Crippen LogP contribution in [0, 0.1) is 0 Å². The molecule has 0 bridgehead atoms. The third-order valence-electron chi connectivity index (χ3n) is 4.63. The van der Waals surface area contributed by atoms with Gasteiger partial charge in [-0.1, -0.05) is 12.1 Å². The van der Waals surface area contributed by atoms with Gasteiger partial charge in [-0.15, -0.1) is 0 Å². The second kappa shape index (κ2) is 12.2. The Morgan fingerprint density at radius 2 is 1.64 bits per heavy atom. The van der Waals surface area contributed by atoms with Gasteiger partial charge in [0.2, 0.25) is 0 Å². The zero-order valence-electron chi connectivity index (χ0n) is 18.9. The van der Waals surface area contributed by atoms with Crippen LogP contribution in [0.4, 0.5) is 4.79 Å². The predicted molar refractivity (Wildman–Crippen MR) is 115 cm³/mol. The van der Waals surface area contributed by atoms with Gasteiger partial charge in [0.25, 0.3) is 5.91 Å². The molecule has 1 heterocycles. The molecule has 1 aliphatic rings. The summed E-state index contributed by atoms with van der Waals surface area (Å²) in [6.45, 7) is 5.24. The largest absolute Gasteiger partial charge is 0.444 e. The van der Waals surface area contributed by atoms with Gasteiger partial charge in [-0.05, 0) is 38.5 Å². The summed E-state index contributed by atoms with van der Waals surface area (Å²) in [6, 6.07) is 6.54. The Hall–Kier alpha value is -2.32. The van der Waals surface area contributed by atoms with Crippen LogP contribution in [0.2, 0.25) is 0 Å². The van der Waals surface area contributed by atoms with E-state index in [1.165, 1.54) is 0 Å². The fourth-order valence-corrected chi connectivity index (χ4v) is 2.92. The monoisotopic (exact) mass is 471 g/mol. The molecule has 1 aromatic carbocycles. The maximum absolute atomic E-state index is 12.2. The SMILES string of the molecule is CC(C)(C)OC(=O)NCCNC(=O)c1ccc(CON[C@@H]2O[C@H](CO)[C@@H](O)[C@H](O)[C@H]2O)cc1. The number of hydroxylamine groups is 1. The molecule has 0 saturated carbocycles. The Labute approximate surface area is 191 Å². The molecule has 5 atom stereocenters. The molecule has 1 aliphatic heterocycles. The summed E-state index contributed by atoms with van der Waals surface area (Å²) in [6.07, 6.45) is -7.16. The average Bonchev–Trinajstić information content (AvgIpc) is 2.76. The van der Waals surface area contributed by atoms with Gasteiger partial charge in [0.15, 0.2) is 6.23 Å². The van der Waals surface area contributed by atoms with Crippen molar-refractivity contribution < 1.29 is 44.3 Å². The lowest BCUT2D eigenvalue weighted by Gasteiger charge is -2.39. The second-order valence-corrected chi connectivity index (χ2v) is 8.54. The number of hydrogen-bond acceptors (Lipinski definition) is 10. The van der Waals surface area contributed by atoms with Crippen LogP contribution in [0.3, 0.4) is 0 Å². The highest BCUT2D eigenvalue weighted by Crippen LogP contribution is 2.19. The zero-order valence-corrected chi connectivity index (χ0v) is 18.9. The third-order valence-corrected chi connectivity index (χ3v) is 4.63. The van der Waals surface area contributed by atoms with E-state index in [0.717, 1.165) is 0 Å². The lowest BCUT2D eigenvalue weighted by atomic mass is 9.99. The fraction of sp³-hybridized carbons (Fsp3) is 0.619. The summed E-state index contributed by atoms with van der Waals surface area (Å²) >= 11 is 0. The van der Waals surface area contributed by atoms with Gasteiger partial charge in [-0.2, -0.15) is 5.48 Å². The van der Waals surface area contributed by atoms with Gasteiger partial charge < -0.3 is 40.5 Å². The molecule has 0 spiro atoms. The van der Waals surface area contributed by atoms with E-state index in [0.29, 0.717) is 11.1 Å². The van der Waals surface area contributed by atoms with Crippen molar-refractivity contribution in [2.75, 3.05) is 19.7 Å². The minimum atomic E-state index is -1.51. The minimum absolute atomic E-state index is 0.0523. The number of carbonyl (C=O) groups is 2. The summed E-state index contributed by atoms with van der Waals surface area (Å²) in [5.74, 6) is -0.312. The van der Waals surface area contributed by atoms with Crippen molar-refractivity contribution in [3.63, 3.8) is 0 Å². The maximum atomic E-state index is 12.2. The highest BCUT2D eigenvalue weighted by Gasteiger charge is 2.43. The van der Waals surface area contributed by atoms with Crippen LogP contribution < -0.4 is 16.1 Å². The first-order valence-corrected chi connectivity index (χ1v) is 10.5. The van der Waals surface area contributed by atoms with E-state index >= 15 is 0 Å². The lowest BCUT2D eigenvalue weighted by Crippen LogP contribution is -2.62. The summed E-state index contributed by atoms with van der Waals surface area (Å²) in [5, 5.41) is 43.9. The van der Waals surface area contributed by atoms with Crippen LogP contribution in [0.15, 0.2) is 24.3 Å². The van der Waals surface area contributed by atoms with E-state index in [1.807, 2.05) is 0 Å². The van der Waals surface area contributed by atoms with Gasteiger partial charge >= 0.3 is 6.09 Å². The Balaban J connectivity index is 1.72. The maximum Gasteiger partial charge on any atom is 0.407 e. The van der Waals surface area contributed by atoms with E-state index in [-0.39, 0.29) is 25.6 Å². The number of alkyl carbamates (subject to hydrolysis) is 1. The van der Waals surface area contributed by atoms with Gasteiger partial charge in [0, 0.05) is 18.7 Å². The number of ether oxygens (including phenoxy) is 2. The number of benzene rings is 1. The van der Waals surface area contributed by atoms with E-state index < -0.39 is 48.9 Å². The predicted octanol–water partition coefficient (Wildman–Crippen LogP) is -1.24. The van der Waals surface area contributed by atoms with E-state index in [1.54, 1.807) is 45.0 Å². The van der Waals surface area contributed by atoms with Gasteiger partial charge in [-0.3, -0.25) is 9.63 Å². The van der Waals surface area contributed by atoms with Crippen molar-refractivity contribution in [2.24, 2.45) is 0 Å². The second-order valence-electron chi connectivity index (χ2n) is 8.54. The van der Waals surface area contributed by atoms with Gasteiger partial charge in [0.05, 0.1) is 13.2 Å². The molecule has 0 aromatic heterocycles. The van der Waals surface area contributed by atoms with Crippen LogP contribution in [-0.4, -0.2) is 88.4 Å². The molecular formula is C21H33N3O9. The summed E-state index contributed by atoms with van der Waals surface area (Å²) in [7, 11) is 0. The molecule has 186 valence electrons. The Morgan fingerprint density at radius 1 is 1.00 bits per heavy atom. The number of rotatable bonds is 9. The quantitative estimate of drug-likeness (QED) is 0.170. The van der Waals surface area contributed by atoms with Crippen LogP contribution in [-0.2, 0) is 20.9 Å². The molecule has 12 nitrogen and oxygen atoms in total. The number of nitrogens with one attached hydrogen (secondary N) is 3. The first kappa shape index (κ1) is 26.9. The highest BCUT2D eigenvalue weighted by molar-refractivity contribution is 5.94. The average molecular weight is 472 g/mol. The van der Waals surface area contributed by atoms with Crippen LogP contribution in [0.5, 0.6) is 0 Å². The molecule has 1 fully saturated rings. The molecule has 7 N–H and O–H groups in total. The summed E-state index contributed by atoms with van der Waals surface area (Å²) in [4.78, 5) is 29.0. The van der Waals surface area contributed by atoms with Crippen molar-refractivity contribution in [1.82, 2.24) is 16.1 Å². The van der Waals surface area contributed by atoms with Crippen molar-refractivity contribution >= 4 is 12.0 Å². The molecule has 2 rings (SSSR count). The van der Waals surface area contributed by atoms with Crippen molar-refractivity contribution in [2.45, 2.75) is 63.6 Å². The first-order chi connectivity index (χ1) is 15.5. The number of aliphatic hydroxyl groups is 4. The van der Waals surface area contributed by atoms with Crippen molar-refractivity contribution in [3.05, 3.63) is 35.4 Å². The Morgan fingerprint density at radius 3 is 2.24 bits per heavy atom. The van der Waals surface area contributed by atoms with Gasteiger partial charge in [0.1, 0.15) is 30.0 Å². The fourth-order valence-electron chi connectivity index (χ4n) is 2.92. The Bertz CT molecular complexity index is 767. The summed E-state index contributed by atoms with van der Waals surface area (Å²) < 4.78 is 10.4. The molecule has 1 aromatic rings. The molecule has 0 aliphatic carbocycles. The third kappa shape index (κ3) is 8.51. The molecule has 2 amide bonds. The van der Waals surface area contributed by atoms with E-state index in [9.17, 15) is 30.0 Å². The topological polar surface area (TPSA) is 179 Å². The molecule has 33 heavy (non-hydrogen) atoms. The van der Waals surface area contributed by atoms with Crippen LogP contribution in [0.25, 0.3) is 0 Å². The van der Waals surface area contributed by atoms with E-state index in [2.05, 4.69) is 16.1 Å². The number of aliphatic hydroxyl groups excluding tert-OH is 4.